The summed E-state index contributed by atoms with van der Waals surface area (Å²) < 4.78 is 6.02. The third-order valence-corrected chi connectivity index (χ3v) is 4.32. The zero-order valence-electron chi connectivity index (χ0n) is 12.2. The average Bonchev–Trinajstić information content (AvgIpc) is 2.46. The smallest absolute Gasteiger partial charge is 0.140 e. The maximum absolute atomic E-state index is 12.1. The summed E-state index contributed by atoms with van der Waals surface area (Å²) in [4.78, 5) is 24.1. The van der Waals surface area contributed by atoms with Gasteiger partial charge in [0.2, 0.25) is 0 Å². The molecule has 0 spiro atoms. The van der Waals surface area contributed by atoms with E-state index in [1.165, 1.54) is 13.8 Å². The van der Waals surface area contributed by atoms with Gasteiger partial charge in [0.25, 0.3) is 0 Å². The third kappa shape index (κ3) is 2.33. The molecule has 1 heterocycles. The van der Waals surface area contributed by atoms with Gasteiger partial charge in [-0.15, -0.1) is 0 Å². The molecule has 0 unspecified atom stereocenters. The van der Waals surface area contributed by atoms with Crippen LogP contribution in [0.25, 0.3) is 0 Å². The summed E-state index contributed by atoms with van der Waals surface area (Å²) in [5, 5.41) is 0. The summed E-state index contributed by atoms with van der Waals surface area (Å²) in [7, 11) is 0. The standard InChI is InChI=1S/C18H18O3/c1-11(19)17(12(2)20)18-13-7-3-5-9-15(13)21-16-10-6-4-8-14(16)18/h3-10,13,15,17-18H,1-2H3/t13-,15-,18+/m1/s1. The van der Waals surface area contributed by atoms with E-state index in [1.807, 2.05) is 48.6 Å². The molecule has 0 saturated heterocycles. The van der Waals surface area contributed by atoms with Crippen molar-refractivity contribution in [3.8, 4) is 5.75 Å². The Hall–Kier alpha value is -2.16. The first-order valence-corrected chi connectivity index (χ1v) is 7.21. The summed E-state index contributed by atoms with van der Waals surface area (Å²) in [6.45, 7) is 3.00. The van der Waals surface area contributed by atoms with Crippen molar-refractivity contribution in [3.05, 3.63) is 54.1 Å². The lowest BCUT2D eigenvalue weighted by Gasteiger charge is -2.40. The van der Waals surface area contributed by atoms with Crippen LogP contribution in [0.2, 0.25) is 0 Å². The van der Waals surface area contributed by atoms with E-state index >= 15 is 0 Å². The summed E-state index contributed by atoms with van der Waals surface area (Å²) >= 11 is 0. The van der Waals surface area contributed by atoms with E-state index in [2.05, 4.69) is 0 Å². The van der Waals surface area contributed by atoms with Crippen LogP contribution in [0, 0.1) is 11.8 Å². The number of carbonyl (C=O) groups is 2. The quantitative estimate of drug-likeness (QED) is 0.800. The molecule has 1 aromatic rings. The second-order valence-electron chi connectivity index (χ2n) is 5.69. The molecular weight excluding hydrogens is 264 g/mol. The molecule has 0 fully saturated rings. The van der Waals surface area contributed by atoms with E-state index in [9.17, 15) is 9.59 Å². The molecule has 3 rings (SSSR count). The lowest BCUT2D eigenvalue weighted by molar-refractivity contribution is -0.132. The normalized spacial score (nSPS) is 26.0. The fourth-order valence-electron chi connectivity index (χ4n) is 3.46. The number of hydrogen-bond donors (Lipinski definition) is 0. The minimum Gasteiger partial charge on any atom is -0.485 e. The van der Waals surface area contributed by atoms with Gasteiger partial charge in [-0.2, -0.15) is 0 Å². The van der Waals surface area contributed by atoms with Crippen LogP contribution < -0.4 is 4.74 Å². The molecule has 0 bridgehead atoms. The number of hydrogen-bond acceptors (Lipinski definition) is 3. The van der Waals surface area contributed by atoms with Gasteiger partial charge >= 0.3 is 0 Å². The third-order valence-electron chi connectivity index (χ3n) is 4.32. The SMILES string of the molecule is CC(=O)C(C(C)=O)[C@@H]1c2ccccc2O[C@@H]2C=CC=C[C@H]21. The lowest BCUT2D eigenvalue weighted by Crippen LogP contribution is -2.41. The second kappa shape index (κ2) is 5.32. The van der Waals surface area contributed by atoms with Gasteiger partial charge in [0.1, 0.15) is 23.4 Å². The van der Waals surface area contributed by atoms with Crippen molar-refractivity contribution in [1.29, 1.82) is 0 Å². The number of ketones is 2. The van der Waals surface area contributed by atoms with Crippen molar-refractivity contribution >= 4 is 11.6 Å². The molecule has 108 valence electrons. The molecule has 0 N–H and O–H groups in total. The van der Waals surface area contributed by atoms with Crippen molar-refractivity contribution in [2.24, 2.45) is 11.8 Å². The molecule has 0 aromatic heterocycles. The Balaban J connectivity index is 2.14. The molecule has 1 aliphatic heterocycles. The highest BCUT2D eigenvalue weighted by Crippen LogP contribution is 2.46. The van der Waals surface area contributed by atoms with Crippen LogP contribution in [0.15, 0.2) is 48.6 Å². The van der Waals surface area contributed by atoms with Crippen molar-refractivity contribution in [1.82, 2.24) is 0 Å². The zero-order chi connectivity index (χ0) is 15.0. The van der Waals surface area contributed by atoms with Crippen molar-refractivity contribution < 1.29 is 14.3 Å². The van der Waals surface area contributed by atoms with Gasteiger partial charge < -0.3 is 4.74 Å². The van der Waals surface area contributed by atoms with Gasteiger partial charge in [-0.3, -0.25) is 9.59 Å². The molecule has 1 aliphatic carbocycles. The summed E-state index contributed by atoms with van der Waals surface area (Å²) in [6.07, 6.45) is 7.83. The minimum atomic E-state index is -0.612. The van der Waals surface area contributed by atoms with E-state index in [1.54, 1.807) is 0 Å². The first kappa shape index (κ1) is 13.8. The van der Waals surface area contributed by atoms with Gasteiger partial charge in [-0.1, -0.05) is 36.4 Å². The monoisotopic (exact) mass is 282 g/mol. The fourth-order valence-corrected chi connectivity index (χ4v) is 3.46. The van der Waals surface area contributed by atoms with Crippen molar-refractivity contribution in [2.75, 3.05) is 0 Å². The van der Waals surface area contributed by atoms with E-state index in [0.717, 1.165) is 11.3 Å². The van der Waals surface area contributed by atoms with Gasteiger partial charge in [0.05, 0.1) is 5.92 Å². The molecule has 0 radical (unpaired) electrons. The number of fused-ring (bicyclic) bond motifs is 2. The van der Waals surface area contributed by atoms with Crippen LogP contribution in [0.4, 0.5) is 0 Å². The maximum atomic E-state index is 12.1. The zero-order valence-corrected chi connectivity index (χ0v) is 12.2. The molecule has 2 aliphatic rings. The number of para-hydroxylation sites is 1. The van der Waals surface area contributed by atoms with Gasteiger partial charge in [0.15, 0.2) is 0 Å². The predicted octanol–water partition coefficient (Wildman–Crippen LogP) is 3.07. The van der Waals surface area contributed by atoms with Gasteiger partial charge in [-0.05, 0) is 31.6 Å². The molecular formula is C18H18O3. The number of carbonyl (C=O) groups excluding carboxylic acids is 2. The lowest BCUT2D eigenvalue weighted by atomic mass is 9.69. The van der Waals surface area contributed by atoms with Crippen molar-refractivity contribution in [3.63, 3.8) is 0 Å². The largest absolute Gasteiger partial charge is 0.485 e. The summed E-state index contributed by atoms with van der Waals surface area (Å²) in [5.74, 6) is -0.134. The van der Waals surface area contributed by atoms with Crippen LogP contribution >= 0.6 is 0 Å². The number of allylic oxidation sites excluding steroid dienone is 2. The molecule has 21 heavy (non-hydrogen) atoms. The summed E-state index contributed by atoms with van der Waals surface area (Å²) in [5.41, 5.74) is 0.953. The Labute approximate surface area is 124 Å². The Bertz CT molecular complexity index is 628. The molecule has 3 heteroatoms. The average molecular weight is 282 g/mol. The van der Waals surface area contributed by atoms with E-state index in [-0.39, 0.29) is 29.5 Å². The van der Waals surface area contributed by atoms with Crippen LogP contribution in [0.1, 0.15) is 25.3 Å². The first-order valence-electron chi connectivity index (χ1n) is 7.21. The highest BCUT2D eigenvalue weighted by molar-refractivity contribution is 6.01. The Morgan fingerprint density at radius 1 is 1.05 bits per heavy atom. The number of benzene rings is 1. The minimum absolute atomic E-state index is 0.0164. The highest BCUT2D eigenvalue weighted by atomic mass is 16.5. The maximum Gasteiger partial charge on any atom is 0.140 e. The topological polar surface area (TPSA) is 43.4 Å². The van der Waals surface area contributed by atoms with E-state index in [0.29, 0.717) is 0 Å². The van der Waals surface area contributed by atoms with Crippen molar-refractivity contribution in [2.45, 2.75) is 25.9 Å². The number of ether oxygens (including phenoxy) is 1. The van der Waals surface area contributed by atoms with Crippen LogP contribution in [0.3, 0.4) is 0 Å². The molecule has 0 amide bonds. The second-order valence-corrected chi connectivity index (χ2v) is 5.69. The van der Waals surface area contributed by atoms with Gasteiger partial charge in [-0.25, -0.2) is 0 Å². The fraction of sp³-hybridized carbons (Fsp3) is 0.333. The number of rotatable bonds is 3. The van der Waals surface area contributed by atoms with Crippen LogP contribution in [-0.2, 0) is 9.59 Å². The van der Waals surface area contributed by atoms with Gasteiger partial charge in [0, 0.05) is 11.8 Å². The molecule has 3 nitrogen and oxygen atoms in total. The molecule has 1 aromatic carbocycles. The highest BCUT2D eigenvalue weighted by Gasteiger charge is 2.43. The van der Waals surface area contributed by atoms with E-state index < -0.39 is 5.92 Å². The Kier molecular flexibility index (Phi) is 3.50. The van der Waals surface area contributed by atoms with Crippen LogP contribution in [0.5, 0.6) is 5.75 Å². The molecule has 0 saturated carbocycles. The van der Waals surface area contributed by atoms with E-state index in [4.69, 9.17) is 4.74 Å². The molecule has 3 atom stereocenters. The summed E-state index contributed by atoms with van der Waals surface area (Å²) in [6, 6.07) is 7.70. The predicted molar refractivity (Wildman–Crippen MR) is 80.2 cm³/mol. The van der Waals surface area contributed by atoms with Crippen LogP contribution in [-0.4, -0.2) is 17.7 Å². The Morgan fingerprint density at radius 2 is 1.71 bits per heavy atom. The first-order chi connectivity index (χ1) is 10.1. The Morgan fingerprint density at radius 3 is 2.43 bits per heavy atom. The number of Topliss-reactive ketones (excluding diaryl/α,β-unsaturated/α-hetero) is 2.